The molecule has 5 nitrogen and oxygen atoms in total. The summed E-state index contributed by atoms with van der Waals surface area (Å²) in [5, 5.41) is 3.96. The summed E-state index contributed by atoms with van der Waals surface area (Å²) in [5.41, 5.74) is 1.78. The van der Waals surface area contributed by atoms with E-state index in [2.05, 4.69) is 10.3 Å². The number of carbonyl (C=O) groups is 1. The van der Waals surface area contributed by atoms with Gasteiger partial charge in [0.05, 0.1) is 19.4 Å². The Labute approximate surface area is 133 Å². The molecule has 1 aromatic heterocycles. The first-order chi connectivity index (χ1) is 10.7. The van der Waals surface area contributed by atoms with Crippen LogP contribution in [-0.2, 0) is 4.74 Å². The first-order valence-corrected chi connectivity index (χ1v) is 8.11. The minimum absolute atomic E-state index is 0.273. The van der Waals surface area contributed by atoms with E-state index >= 15 is 0 Å². The lowest BCUT2D eigenvalue weighted by Gasteiger charge is -2.03. The first-order valence-electron chi connectivity index (χ1n) is 7.30. The van der Waals surface area contributed by atoms with Crippen molar-refractivity contribution < 1.29 is 14.3 Å². The Kier molecular flexibility index (Phi) is 4.29. The fourth-order valence-electron chi connectivity index (χ4n) is 2.16. The van der Waals surface area contributed by atoms with Crippen LogP contribution in [0.4, 0.5) is 10.8 Å². The molecule has 22 heavy (non-hydrogen) atoms. The third-order valence-corrected chi connectivity index (χ3v) is 4.39. The van der Waals surface area contributed by atoms with Crippen LogP contribution >= 0.6 is 11.3 Å². The molecule has 1 fully saturated rings. The molecule has 1 saturated carbocycles. The van der Waals surface area contributed by atoms with Crippen LogP contribution in [0.1, 0.15) is 41.0 Å². The van der Waals surface area contributed by atoms with E-state index in [0.29, 0.717) is 17.4 Å². The Morgan fingerprint density at radius 2 is 2.09 bits per heavy atom. The van der Waals surface area contributed by atoms with Crippen molar-refractivity contribution in [3.05, 3.63) is 34.8 Å². The molecule has 6 heteroatoms. The van der Waals surface area contributed by atoms with Gasteiger partial charge in [0.2, 0.25) is 0 Å². The summed E-state index contributed by atoms with van der Waals surface area (Å²) in [4.78, 5) is 17.3. The van der Waals surface area contributed by atoms with Gasteiger partial charge in [-0.1, -0.05) is 11.3 Å². The minimum Gasteiger partial charge on any atom is -0.497 e. The van der Waals surface area contributed by atoms with Crippen molar-refractivity contribution in [3.8, 4) is 5.75 Å². The predicted molar refractivity (Wildman–Crippen MR) is 86.3 cm³/mol. The number of hydrogen-bond acceptors (Lipinski definition) is 6. The molecule has 2 aromatic rings. The van der Waals surface area contributed by atoms with E-state index in [1.54, 1.807) is 7.11 Å². The second-order valence-electron chi connectivity index (χ2n) is 5.08. The van der Waals surface area contributed by atoms with E-state index in [-0.39, 0.29) is 5.97 Å². The second kappa shape index (κ2) is 6.36. The van der Waals surface area contributed by atoms with Crippen molar-refractivity contribution in [2.75, 3.05) is 19.0 Å². The molecule has 3 rings (SSSR count). The maximum absolute atomic E-state index is 12.1. The van der Waals surface area contributed by atoms with Crippen LogP contribution in [0.2, 0.25) is 0 Å². The molecule has 1 aromatic carbocycles. The summed E-state index contributed by atoms with van der Waals surface area (Å²) >= 11 is 1.35. The summed E-state index contributed by atoms with van der Waals surface area (Å²) in [5.74, 6) is 0.933. The van der Waals surface area contributed by atoms with Gasteiger partial charge in [-0.15, -0.1) is 0 Å². The smallest absolute Gasteiger partial charge is 0.350 e. The Bertz CT molecular complexity index is 663. The van der Waals surface area contributed by atoms with Crippen LogP contribution in [0, 0.1) is 0 Å². The Morgan fingerprint density at radius 3 is 2.68 bits per heavy atom. The molecule has 1 aliphatic carbocycles. The van der Waals surface area contributed by atoms with Crippen molar-refractivity contribution >= 4 is 28.1 Å². The number of methoxy groups -OCH3 is 1. The maximum atomic E-state index is 12.1. The van der Waals surface area contributed by atoms with Crippen LogP contribution in [0.25, 0.3) is 0 Å². The third kappa shape index (κ3) is 3.22. The van der Waals surface area contributed by atoms with Crippen LogP contribution in [0.3, 0.4) is 0 Å². The van der Waals surface area contributed by atoms with Gasteiger partial charge in [-0.3, -0.25) is 0 Å². The van der Waals surface area contributed by atoms with Gasteiger partial charge >= 0.3 is 5.97 Å². The molecule has 0 amide bonds. The van der Waals surface area contributed by atoms with Gasteiger partial charge in [-0.2, -0.15) is 0 Å². The molecule has 0 atom stereocenters. The predicted octanol–water partition coefficient (Wildman–Crippen LogP) is 3.95. The Balaban J connectivity index is 1.81. The van der Waals surface area contributed by atoms with E-state index in [4.69, 9.17) is 9.47 Å². The number of nitrogens with one attached hydrogen (secondary N) is 1. The molecule has 0 aliphatic heterocycles. The van der Waals surface area contributed by atoms with Crippen molar-refractivity contribution in [2.45, 2.75) is 25.7 Å². The van der Waals surface area contributed by atoms with Gasteiger partial charge in [-0.05, 0) is 44.0 Å². The second-order valence-corrected chi connectivity index (χ2v) is 6.08. The summed E-state index contributed by atoms with van der Waals surface area (Å²) in [6.45, 7) is 2.19. The van der Waals surface area contributed by atoms with Gasteiger partial charge < -0.3 is 14.8 Å². The molecule has 1 N–H and O–H groups in total. The Hall–Kier alpha value is -2.08. The standard InChI is InChI=1S/C16H18N2O3S/c1-3-21-15(19)14-13(10-4-5-10)18-16(22-14)17-11-6-8-12(20-2)9-7-11/h6-10H,3-5H2,1-2H3,(H,17,18). The first kappa shape index (κ1) is 14.8. The molecule has 0 unspecified atom stereocenters. The molecule has 0 spiro atoms. The van der Waals surface area contributed by atoms with Gasteiger partial charge in [0.15, 0.2) is 5.13 Å². The highest BCUT2D eigenvalue weighted by atomic mass is 32.1. The molecule has 116 valence electrons. The average Bonchev–Trinajstić information content (AvgIpc) is 3.29. The highest BCUT2D eigenvalue weighted by Gasteiger charge is 2.32. The van der Waals surface area contributed by atoms with Crippen molar-refractivity contribution in [3.63, 3.8) is 0 Å². The Morgan fingerprint density at radius 1 is 1.36 bits per heavy atom. The van der Waals surface area contributed by atoms with Gasteiger partial charge in [0.25, 0.3) is 0 Å². The summed E-state index contributed by atoms with van der Waals surface area (Å²) in [7, 11) is 1.64. The number of aromatic nitrogens is 1. The average molecular weight is 318 g/mol. The topological polar surface area (TPSA) is 60.5 Å². The zero-order valence-corrected chi connectivity index (χ0v) is 13.4. The number of rotatable bonds is 6. The zero-order valence-electron chi connectivity index (χ0n) is 12.6. The lowest BCUT2D eigenvalue weighted by atomic mass is 10.2. The number of benzene rings is 1. The lowest BCUT2D eigenvalue weighted by Crippen LogP contribution is -2.05. The highest BCUT2D eigenvalue weighted by molar-refractivity contribution is 7.17. The summed E-state index contributed by atoms with van der Waals surface area (Å²) in [6, 6.07) is 7.59. The number of esters is 1. The van der Waals surface area contributed by atoms with Gasteiger partial charge in [-0.25, -0.2) is 9.78 Å². The van der Waals surface area contributed by atoms with Crippen LogP contribution < -0.4 is 10.1 Å². The van der Waals surface area contributed by atoms with Crippen LogP contribution in [0.15, 0.2) is 24.3 Å². The summed E-state index contributed by atoms with van der Waals surface area (Å²) < 4.78 is 10.3. The normalized spacial score (nSPS) is 13.7. The van der Waals surface area contributed by atoms with Crippen LogP contribution in [-0.4, -0.2) is 24.7 Å². The number of anilines is 2. The molecule has 1 heterocycles. The molecule has 0 bridgehead atoms. The number of carbonyl (C=O) groups excluding carboxylic acids is 1. The SMILES string of the molecule is CCOC(=O)c1sc(Nc2ccc(OC)cc2)nc1C1CC1. The number of nitrogens with zero attached hydrogens (tertiary/aromatic N) is 1. The highest BCUT2D eigenvalue weighted by Crippen LogP contribution is 2.44. The molecular formula is C16H18N2O3S. The number of ether oxygens (including phenoxy) is 2. The lowest BCUT2D eigenvalue weighted by molar-refractivity contribution is 0.0530. The van der Waals surface area contributed by atoms with Crippen molar-refractivity contribution in [1.29, 1.82) is 0 Å². The van der Waals surface area contributed by atoms with E-state index in [9.17, 15) is 4.79 Å². The largest absolute Gasteiger partial charge is 0.497 e. The molecular weight excluding hydrogens is 300 g/mol. The van der Waals surface area contributed by atoms with Gasteiger partial charge in [0.1, 0.15) is 10.6 Å². The van der Waals surface area contributed by atoms with E-state index in [1.165, 1.54) is 11.3 Å². The van der Waals surface area contributed by atoms with E-state index in [1.807, 2.05) is 31.2 Å². The third-order valence-electron chi connectivity index (χ3n) is 3.42. The summed E-state index contributed by atoms with van der Waals surface area (Å²) in [6.07, 6.45) is 2.19. The zero-order chi connectivity index (χ0) is 15.5. The quantitative estimate of drug-likeness (QED) is 0.817. The molecule has 1 aliphatic rings. The minimum atomic E-state index is -0.273. The fourth-order valence-corrected chi connectivity index (χ4v) is 3.12. The molecule has 0 saturated heterocycles. The maximum Gasteiger partial charge on any atom is 0.350 e. The van der Waals surface area contributed by atoms with Crippen molar-refractivity contribution in [1.82, 2.24) is 4.98 Å². The fraction of sp³-hybridized carbons (Fsp3) is 0.375. The van der Waals surface area contributed by atoms with E-state index < -0.39 is 0 Å². The van der Waals surface area contributed by atoms with E-state index in [0.717, 1.165) is 35.1 Å². The van der Waals surface area contributed by atoms with Crippen LogP contribution in [0.5, 0.6) is 5.75 Å². The number of hydrogen-bond donors (Lipinski definition) is 1. The number of thiazole rings is 1. The van der Waals surface area contributed by atoms with Crippen molar-refractivity contribution in [2.24, 2.45) is 0 Å². The monoisotopic (exact) mass is 318 g/mol. The van der Waals surface area contributed by atoms with Gasteiger partial charge in [0, 0.05) is 11.6 Å². The molecule has 0 radical (unpaired) electrons.